The highest BCUT2D eigenvalue weighted by Crippen LogP contribution is 2.21. The van der Waals surface area contributed by atoms with E-state index in [0.717, 1.165) is 29.4 Å². The maximum absolute atomic E-state index is 12.1. The second kappa shape index (κ2) is 7.39. The van der Waals surface area contributed by atoms with E-state index in [2.05, 4.69) is 23.0 Å². The van der Waals surface area contributed by atoms with Crippen molar-refractivity contribution in [2.24, 2.45) is 0 Å². The van der Waals surface area contributed by atoms with Gasteiger partial charge in [0.2, 0.25) is 5.91 Å². The first kappa shape index (κ1) is 15.0. The number of pyridine rings is 1. The minimum Gasteiger partial charge on any atom is -0.324 e. The molecule has 1 heterocycles. The highest BCUT2D eigenvalue weighted by Gasteiger charge is 2.07. The third kappa shape index (κ3) is 4.02. The van der Waals surface area contributed by atoms with Crippen LogP contribution in [0.5, 0.6) is 0 Å². The number of hydrogen-bond acceptors (Lipinski definition) is 2. The van der Waals surface area contributed by atoms with Gasteiger partial charge in [0.05, 0.1) is 11.2 Å². The minimum atomic E-state index is 0.0107. The molecule has 3 nitrogen and oxygen atoms in total. The summed E-state index contributed by atoms with van der Waals surface area (Å²) in [5, 5.41) is 3.98. The number of anilines is 1. The maximum atomic E-state index is 12.1. The summed E-state index contributed by atoms with van der Waals surface area (Å²) >= 11 is 0. The SMILES string of the molecule is C=CCC(=CC)CCC(=O)Nc1cccc2cccnc12. The molecule has 0 radical (unpaired) electrons. The maximum Gasteiger partial charge on any atom is 0.224 e. The molecule has 0 atom stereocenters. The van der Waals surface area contributed by atoms with E-state index in [9.17, 15) is 4.79 Å². The number of aromatic nitrogens is 1. The molecule has 3 heteroatoms. The lowest BCUT2D eigenvalue weighted by molar-refractivity contribution is -0.116. The molecule has 0 saturated heterocycles. The van der Waals surface area contributed by atoms with Crippen LogP contribution in [0.3, 0.4) is 0 Å². The first-order valence-electron chi connectivity index (χ1n) is 7.13. The van der Waals surface area contributed by atoms with Crippen molar-refractivity contribution in [1.82, 2.24) is 4.98 Å². The van der Waals surface area contributed by atoms with Crippen LogP contribution in [0, 0.1) is 0 Å². The van der Waals surface area contributed by atoms with Gasteiger partial charge in [0.25, 0.3) is 0 Å². The quantitative estimate of drug-likeness (QED) is 0.793. The van der Waals surface area contributed by atoms with Crippen molar-refractivity contribution in [3.63, 3.8) is 0 Å². The van der Waals surface area contributed by atoms with E-state index in [1.807, 2.05) is 43.3 Å². The van der Waals surface area contributed by atoms with E-state index in [4.69, 9.17) is 0 Å². The largest absolute Gasteiger partial charge is 0.324 e. The zero-order chi connectivity index (χ0) is 15.1. The van der Waals surface area contributed by atoms with Crippen LogP contribution >= 0.6 is 0 Å². The summed E-state index contributed by atoms with van der Waals surface area (Å²) < 4.78 is 0. The summed E-state index contributed by atoms with van der Waals surface area (Å²) in [4.78, 5) is 16.4. The van der Waals surface area contributed by atoms with Crippen LogP contribution in [-0.2, 0) is 4.79 Å². The number of allylic oxidation sites excluding steroid dienone is 3. The van der Waals surface area contributed by atoms with Crippen molar-refractivity contribution in [1.29, 1.82) is 0 Å². The molecule has 21 heavy (non-hydrogen) atoms. The fraction of sp³-hybridized carbons (Fsp3) is 0.222. The Bertz CT molecular complexity index is 668. The highest BCUT2D eigenvalue weighted by molar-refractivity contribution is 6.00. The summed E-state index contributed by atoms with van der Waals surface area (Å²) in [6, 6.07) is 9.67. The summed E-state index contributed by atoms with van der Waals surface area (Å²) in [6.45, 7) is 5.72. The molecule has 0 saturated carbocycles. The number of carbonyl (C=O) groups excluding carboxylic acids is 1. The van der Waals surface area contributed by atoms with Crippen LogP contribution in [0.1, 0.15) is 26.2 Å². The van der Waals surface area contributed by atoms with E-state index in [0.29, 0.717) is 6.42 Å². The molecule has 0 spiro atoms. The Balaban J connectivity index is 2.03. The minimum absolute atomic E-state index is 0.0107. The number of fused-ring (bicyclic) bond motifs is 1. The standard InChI is InChI=1S/C18H20N2O/c1-3-7-14(4-2)11-12-17(21)20-16-10-5-8-15-9-6-13-19-18(15)16/h3-6,8-10,13H,1,7,11-12H2,2H3,(H,20,21). The third-order valence-electron chi connectivity index (χ3n) is 3.39. The van der Waals surface area contributed by atoms with Crippen molar-refractivity contribution in [2.75, 3.05) is 5.32 Å². The van der Waals surface area contributed by atoms with Gasteiger partial charge in [-0.25, -0.2) is 0 Å². The Morgan fingerprint density at radius 3 is 2.86 bits per heavy atom. The van der Waals surface area contributed by atoms with E-state index in [1.165, 1.54) is 5.57 Å². The van der Waals surface area contributed by atoms with Gasteiger partial charge in [0.1, 0.15) is 0 Å². The van der Waals surface area contributed by atoms with Gasteiger partial charge >= 0.3 is 0 Å². The Labute approximate surface area is 125 Å². The normalized spacial score (nSPS) is 11.4. The smallest absolute Gasteiger partial charge is 0.224 e. The number of rotatable bonds is 6. The van der Waals surface area contributed by atoms with Crippen molar-refractivity contribution < 1.29 is 4.79 Å². The molecule has 1 aromatic carbocycles. The van der Waals surface area contributed by atoms with Gasteiger partial charge < -0.3 is 5.32 Å². The summed E-state index contributed by atoms with van der Waals surface area (Å²) in [5.41, 5.74) is 2.82. The van der Waals surface area contributed by atoms with Crippen molar-refractivity contribution >= 4 is 22.5 Å². The van der Waals surface area contributed by atoms with Gasteiger partial charge in [0, 0.05) is 18.0 Å². The number of nitrogens with zero attached hydrogens (tertiary/aromatic N) is 1. The third-order valence-corrected chi connectivity index (χ3v) is 3.39. The van der Waals surface area contributed by atoms with Crippen molar-refractivity contribution in [3.05, 3.63) is 60.8 Å². The predicted molar refractivity (Wildman–Crippen MR) is 88.2 cm³/mol. The summed E-state index contributed by atoms with van der Waals surface area (Å²) in [6.07, 6.45) is 7.71. The molecule has 0 aliphatic carbocycles. The topological polar surface area (TPSA) is 42.0 Å². The number of benzene rings is 1. The Morgan fingerprint density at radius 2 is 2.10 bits per heavy atom. The van der Waals surface area contributed by atoms with Crippen LogP contribution in [0.25, 0.3) is 10.9 Å². The Morgan fingerprint density at radius 1 is 1.29 bits per heavy atom. The number of hydrogen-bond donors (Lipinski definition) is 1. The molecule has 0 aliphatic rings. The lowest BCUT2D eigenvalue weighted by Crippen LogP contribution is -2.12. The lowest BCUT2D eigenvalue weighted by atomic mass is 10.1. The zero-order valence-electron chi connectivity index (χ0n) is 12.3. The fourth-order valence-corrected chi connectivity index (χ4v) is 2.24. The molecule has 1 N–H and O–H groups in total. The molecule has 2 rings (SSSR count). The second-order valence-electron chi connectivity index (χ2n) is 4.87. The molecule has 2 aromatic rings. The van der Waals surface area contributed by atoms with Gasteiger partial charge in [-0.15, -0.1) is 6.58 Å². The highest BCUT2D eigenvalue weighted by atomic mass is 16.1. The average molecular weight is 280 g/mol. The molecule has 1 amide bonds. The second-order valence-corrected chi connectivity index (χ2v) is 4.87. The summed E-state index contributed by atoms with van der Waals surface area (Å²) in [5.74, 6) is 0.0107. The molecule has 0 bridgehead atoms. The van der Waals surface area contributed by atoms with Gasteiger partial charge in [-0.1, -0.05) is 35.9 Å². The fourth-order valence-electron chi connectivity index (χ4n) is 2.24. The van der Waals surface area contributed by atoms with Crippen LogP contribution in [0.2, 0.25) is 0 Å². The van der Waals surface area contributed by atoms with Crippen LogP contribution in [-0.4, -0.2) is 10.9 Å². The molecular formula is C18H20N2O. The van der Waals surface area contributed by atoms with Gasteiger partial charge in [-0.2, -0.15) is 0 Å². The summed E-state index contributed by atoms with van der Waals surface area (Å²) in [7, 11) is 0. The van der Waals surface area contributed by atoms with E-state index in [-0.39, 0.29) is 5.91 Å². The van der Waals surface area contributed by atoms with E-state index < -0.39 is 0 Å². The molecule has 0 unspecified atom stereocenters. The van der Waals surface area contributed by atoms with Crippen molar-refractivity contribution in [2.45, 2.75) is 26.2 Å². The number of amides is 1. The first-order chi connectivity index (χ1) is 10.2. The van der Waals surface area contributed by atoms with E-state index in [1.54, 1.807) is 6.20 Å². The molecular weight excluding hydrogens is 260 g/mol. The van der Waals surface area contributed by atoms with Crippen LogP contribution in [0.4, 0.5) is 5.69 Å². The molecule has 0 fully saturated rings. The first-order valence-corrected chi connectivity index (χ1v) is 7.13. The molecule has 108 valence electrons. The van der Waals surface area contributed by atoms with Crippen molar-refractivity contribution in [3.8, 4) is 0 Å². The zero-order valence-corrected chi connectivity index (χ0v) is 12.3. The average Bonchev–Trinajstić information content (AvgIpc) is 2.52. The van der Waals surface area contributed by atoms with Gasteiger partial charge in [-0.05, 0) is 31.9 Å². The lowest BCUT2D eigenvalue weighted by Gasteiger charge is -2.08. The molecule has 1 aromatic heterocycles. The number of carbonyl (C=O) groups is 1. The predicted octanol–water partition coefficient (Wildman–Crippen LogP) is 4.48. The Kier molecular flexibility index (Phi) is 5.27. The van der Waals surface area contributed by atoms with Crippen LogP contribution in [0.15, 0.2) is 60.8 Å². The van der Waals surface area contributed by atoms with Crippen LogP contribution < -0.4 is 5.32 Å². The number of nitrogens with one attached hydrogen (secondary N) is 1. The van der Waals surface area contributed by atoms with Gasteiger partial charge in [-0.3, -0.25) is 9.78 Å². The van der Waals surface area contributed by atoms with Gasteiger partial charge in [0.15, 0.2) is 0 Å². The number of para-hydroxylation sites is 1. The Hall–Kier alpha value is -2.42. The monoisotopic (exact) mass is 280 g/mol. The molecule has 0 aliphatic heterocycles. The van der Waals surface area contributed by atoms with E-state index >= 15 is 0 Å².